The molecule has 4 aromatic carbocycles. The molecule has 0 spiro atoms. The number of unbranched alkanes of at least 4 members (excludes halogenated alkanes) is 6. The summed E-state index contributed by atoms with van der Waals surface area (Å²) in [6, 6.07) is 32.8. The molecule has 0 aliphatic carbocycles. The first-order valence-electron chi connectivity index (χ1n) is 15.4. The molecule has 0 aliphatic rings. The van der Waals surface area contributed by atoms with Crippen molar-refractivity contribution in [2.24, 2.45) is 0 Å². The molecule has 0 amide bonds. The summed E-state index contributed by atoms with van der Waals surface area (Å²) < 4.78 is 17.1. The average molecular weight is 576 g/mol. The topological polar surface area (TPSA) is 68.6 Å². The van der Waals surface area contributed by atoms with Gasteiger partial charge >= 0.3 is 5.97 Å². The van der Waals surface area contributed by atoms with Crippen LogP contribution in [0, 0.1) is 11.3 Å². The van der Waals surface area contributed by atoms with E-state index in [-0.39, 0.29) is 0 Å². The van der Waals surface area contributed by atoms with Crippen LogP contribution in [-0.2, 0) is 6.42 Å². The van der Waals surface area contributed by atoms with Crippen LogP contribution in [0.2, 0.25) is 0 Å². The Morgan fingerprint density at radius 2 is 1.12 bits per heavy atom. The summed E-state index contributed by atoms with van der Waals surface area (Å²) in [5, 5.41) is 8.96. The second-order valence-electron chi connectivity index (χ2n) is 10.7. The van der Waals surface area contributed by atoms with Crippen molar-refractivity contribution in [3.8, 4) is 34.4 Å². The lowest BCUT2D eigenvalue weighted by atomic mass is 10.0. The molecule has 222 valence electrons. The maximum atomic E-state index is 12.5. The van der Waals surface area contributed by atoms with Crippen molar-refractivity contribution in [3.63, 3.8) is 0 Å². The Bertz CT molecular complexity index is 1420. The molecule has 0 aromatic heterocycles. The zero-order chi connectivity index (χ0) is 30.1. The molecule has 4 aromatic rings. The zero-order valence-corrected chi connectivity index (χ0v) is 25.1. The van der Waals surface area contributed by atoms with Crippen LogP contribution in [0.3, 0.4) is 0 Å². The summed E-state index contributed by atoms with van der Waals surface area (Å²) in [5.74, 6) is 1.62. The van der Waals surface area contributed by atoms with Gasteiger partial charge in [0.1, 0.15) is 17.2 Å². The highest BCUT2D eigenvalue weighted by atomic mass is 16.5. The summed E-state index contributed by atoms with van der Waals surface area (Å²) in [4.78, 5) is 12.5. The van der Waals surface area contributed by atoms with Crippen LogP contribution in [0.4, 0.5) is 0 Å². The van der Waals surface area contributed by atoms with Crippen LogP contribution in [0.1, 0.15) is 79.8 Å². The van der Waals surface area contributed by atoms with Crippen LogP contribution in [-0.4, -0.2) is 19.2 Å². The zero-order valence-electron chi connectivity index (χ0n) is 25.1. The Balaban J connectivity index is 1.08. The monoisotopic (exact) mass is 575 g/mol. The first-order valence-corrected chi connectivity index (χ1v) is 15.4. The summed E-state index contributed by atoms with van der Waals surface area (Å²) in [6.45, 7) is 3.54. The second kappa shape index (κ2) is 17.4. The lowest BCUT2D eigenvalue weighted by Gasteiger charge is -2.09. The third-order valence-electron chi connectivity index (χ3n) is 7.32. The number of benzene rings is 4. The van der Waals surface area contributed by atoms with Crippen molar-refractivity contribution in [3.05, 3.63) is 114 Å². The number of hydrogen-bond donors (Lipinski definition) is 0. The van der Waals surface area contributed by atoms with Gasteiger partial charge in [0, 0.05) is 0 Å². The van der Waals surface area contributed by atoms with Gasteiger partial charge in [-0.2, -0.15) is 5.26 Å². The van der Waals surface area contributed by atoms with Gasteiger partial charge in [0.05, 0.1) is 30.4 Å². The molecule has 0 saturated heterocycles. The first-order chi connectivity index (χ1) is 21.1. The van der Waals surface area contributed by atoms with Crippen molar-refractivity contribution >= 4 is 5.97 Å². The van der Waals surface area contributed by atoms with Crippen molar-refractivity contribution in [1.82, 2.24) is 0 Å². The van der Waals surface area contributed by atoms with E-state index in [1.54, 1.807) is 24.3 Å². The quantitative estimate of drug-likeness (QED) is 0.0712. The number of aryl methyl sites for hydroxylation is 1. The lowest BCUT2D eigenvalue weighted by Crippen LogP contribution is -2.08. The smallest absolute Gasteiger partial charge is 0.343 e. The normalized spacial score (nSPS) is 10.6. The summed E-state index contributed by atoms with van der Waals surface area (Å²) in [6.07, 6.45) is 10.1. The van der Waals surface area contributed by atoms with E-state index in [0.717, 1.165) is 55.6 Å². The number of carbonyl (C=O) groups is 1. The molecule has 4 rings (SSSR count). The SMILES string of the molecule is CCCCCCOc1ccc(OC(=O)c2ccc(OCCCCCCc3ccc(-c4ccc(C#N)cc4)cc3)cc2)cc1. The number of nitrogens with zero attached hydrogens (tertiary/aromatic N) is 1. The van der Waals surface area contributed by atoms with Gasteiger partial charge in [-0.15, -0.1) is 0 Å². The minimum absolute atomic E-state index is 0.399. The van der Waals surface area contributed by atoms with E-state index in [0.29, 0.717) is 30.1 Å². The Hall–Kier alpha value is -4.56. The largest absolute Gasteiger partial charge is 0.494 e. The number of nitriles is 1. The van der Waals surface area contributed by atoms with E-state index >= 15 is 0 Å². The molecule has 0 aliphatic heterocycles. The summed E-state index contributed by atoms with van der Waals surface area (Å²) in [7, 11) is 0. The number of ether oxygens (including phenoxy) is 3. The fourth-order valence-electron chi connectivity index (χ4n) is 4.75. The standard InChI is InChI=1S/C38H41NO4/c1-2-3-4-8-27-42-36-23-25-37(26-24-36)43-38(40)34-19-21-35(22-20-34)41-28-9-6-5-7-10-30-11-15-32(16-12-30)33-17-13-31(29-39)14-18-33/h11-26H,2-10,27-28H2,1H3. The lowest BCUT2D eigenvalue weighted by molar-refractivity contribution is 0.0734. The maximum Gasteiger partial charge on any atom is 0.343 e. The number of hydrogen-bond acceptors (Lipinski definition) is 5. The van der Waals surface area contributed by atoms with Crippen molar-refractivity contribution in [2.45, 2.75) is 64.7 Å². The van der Waals surface area contributed by atoms with E-state index in [2.05, 4.69) is 37.3 Å². The molecule has 0 heterocycles. The van der Waals surface area contributed by atoms with Crippen LogP contribution in [0.15, 0.2) is 97.1 Å². The van der Waals surface area contributed by atoms with Crippen LogP contribution in [0.25, 0.3) is 11.1 Å². The fourth-order valence-corrected chi connectivity index (χ4v) is 4.75. The molecular weight excluding hydrogens is 534 g/mol. The molecule has 0 bridgehead atoms. The number of carbonyl (C=O) groups excluding carboxylic acids is 1. The van der Waals surface area contributed by atoms with E-state index < -0.39 is 5.97 Å². The Labute approximate surface area is 256 Å². The van der Waals surface area contributed by atoms with Gasteiger partial charge in [0.25, 0.3) is 0 Å². The molecule has 0 N–H and O–H groups in total. The highest BCUT2D eigenvalue weighted by Gasteiger charge is 2.09. The molecule has 0 saturated carbocycles. The van der Waals surface area contributed by atoms with Crippen LogP contribution in [0.5, 0.6) is 17.2 Å². The molecule has 0 fully saturated rings. The van der Waals surface area contributed by atoms with E-state index in [4.69, 9.17) is 19.5 Å². The number of esters is 1. The van der Waals surface area contributed by atoms with Gasteiger partial charge < -0.3 is 14.2 Å². The van der Waals surface area contributed by atoms with Gasteiger partial charge in [-0.1, -0.05) is 75.4 Å². The highest BCUT2D eigenvalue weighted by Crippen LogP contribution is 2.22. The maximum absolute atomic E-state index is 12.5. The van der Waals surface area contributed by atoms with E-state index in [1.165, 1.54) is 30.4 Å². The second-order valence-corrected chi connectivity index (χ2v) is 10.7. The van der Waals surface area contributed by atoms with Crippen molar-refractivity contribution in [1.29, 1.82) is 5.26 Å². The van der Waals surface area contributed by atoms with Crippen LogP contribution >= 0.6 is 0 Å². The van der Waals surface area contributed by atoms with E-state index in [1.807, 2.05) is 48.5 Å². The average Bonchev–Trinajstić information content (AvgIpc) is 3.05. The summed E-state index contributed by atoms with van der Waals surface area (Å²) in [5.41, 5.74) is 4.79. The van der Waals surface area contributed by atoms with E-state index in [9.17, 15) is 4.79 Å². The molecule has 5 heteroatoms. The van der Waals surface area contributed by atoms with Gasteiger partial charge in [-0.3, -0.25) is 0 Å². The Morgan fingerprint density at radius 3 is 1.70 bits per heavy atom. The predicted molar refractivity (Wildman–Crippen MR) is 172 cm³/mol. The minimum Gasteiger partial charge on any atom is -0.494 e. The third-order valence-corrected chi connectivity index (χ3v) is 7.32. The van der Waals surface area contributed by atoms with Gasteiger partial charge in [-0.25, -0.2) is 4.79 Å². The molecule has 43 heavy (non-hydrogen) atoms. The molecule has 5 nitrogen and oxygen atoms in total. The van der Waals surface area contributed by atoms with Crippen molar-refractivity contribution < 1.29 is 19.0 Å². The molecule has 0 unspecified atom stereocenters. The molecule has 0 radical (unpaired) electrons. The van der Waals surface area contributed by atoms with Gasteiger partial charge in [0.15, 0.2) is 0 Å². The summed E-state index contributed by atoms with van der Waals surface area (Å²) >= 11 is 0. The molecule has 0 atom stereocenters. The van der Waals surface area contributed by atoms with Crippen LogP contribution < -0.4 is 14.2 Å². The number of rotatable bonds is 17. The van der Waals surface area contributed by atoms with Gasteiger partial charge in [0.2, 0.25) is 0 Å². The Kier molecular flexibility index (Phi) is 12.7. The minimum atomic E-state index is -0.399. The highest BCUT2D eigenvalue weighted by molar-refractivity contribution is 5.91. The first kappa shape index (κ1) is 31.4. The Morgan fingerprint density at radius 1 is 0.605 bits per heavy atom. The molecular formula is C38H41NO4. The van der Waals surface area contributed by atoms with Gasteiger partial charge in [-0.05, 0) is 103 Å². The van der Waals surface area contributed by atoms with Crippen molar-refractivity contribution in [2.75, 3.05) is 13.2 Å². The fraction of sp³-hybridized carbons (Fsp3) is 0.316. The predicted octanol–water partition coefficient (Wildman–Crippen LogP) is 9.59. The third kappa shape index (κ3) is 10.7.